The minimum absolute atomic E-state index is 0.0386. The quantitative estimate of drug-likeness (QED) is 0.323. The molecule has 0 saturated carbocycles. The van der Waals surface area contributed by atoms with Crippen molar-refractivity contribution in [2.24, 2.45) is 0 Å². The van der Waals surface area contributed by atoms with Gasteiger partial charge >= 0.3 is 0 Å². The van der Waals surface area contributed by atoms with Crippen molar-refractivity contribution >= 4 is 48.6 Å². The Hall–Kier alpha value is -1.22. The summed E-state index contributed by atoms with van der Waals surface area (Å²) in [5, 5.41) is -0.164. The van der Waals surface area contributed by atoms with E-state index in [0.29, 0.717) is 6.92 Å². The van der Waals surface area contributed by atoms with Crippen LogP contribution in [0.5, 0.6) is 0 Å². The largest absolute Gasteiger partial charge is 0.399 e. The van der Waals surface area contributed by atoms with Gasteiger partial charge in [0.2, 0.25) is 0 Å². The van der Waals surface area contributed by atoms with E-state index < -0.39 is 31.4 Å². The van der Waals surface area contributed by atoms with Crippen LogP contribution in [0.15, 0.2) is 41.3 Å². The third kappa shape index (κ3) is 7.03. The number of benzene rings is 2. The van der Waals surface area contributed by atoms with E-state index in [2.05, 4.69) is 0 Å². The fourth-order valence-corrected chi connectivity index (χ4v) is 3.22. The van der Waals surface area contributed by atoms with Crippen LogP contribution in [0.3, 0.4) is 0 Å². The predicted octanol–water partition coefficient (Wildman–Crippen LogP) is 6.41. The van der Waals surface area contributed by atoms with Crippen LogP contribution in [0.2, 0.25) is 10.0 Å². The summed E-state index contributed by atoms with van der Waals surface area (Å²) in [4.78, 5) is -0.398. The number of rotatable bonds is 3. The maximum Gasteiger partial charge on any atom is 0.272 e. The number of halogens is 7. The molecule has 0 aliphatic carbocycles. The van der Waals surface area contributed by atoms with E-state index >= 15 is 0 Å². The zero-order valence-electron chi connectivity index (χ0n) is 13.9. The summed E-state index contributed by atoms with van der Waals surface area (Å²) in [7, 11) is 0.995. The van der Waals surface area contributed by atoms with Gasteiger partial charge in [0.05, 0.1) is 4.90 Å². The average molecular weight is 467 g/mol. The van der Waals surface area contributed by atoms with Crippen LogP contribution >= 0.6 is 33.9 Å². The van der Waals surface area contributed by atoms with Crippen molar-refractivity contribution in [1.29, 1.82) is 0 Å². The summed E-state index contributed by atoms with van der Waals surface area (Å²) in [6.07, 6.45) is 0. The van der Waals surface area contributed by atoms with Gasteiger partial charge in [-0.3, -0.25) is 0 Å². The Labute approximate surface area is 168 Å². The second-order valence-electron chi connectivity index (χ2n) is 5.60. The molecule has 27 heavy (non-hydrogen) atoms. The van der Waals surface area contributed by atoms with E-state index in [0.717, 1.165) is 25.1 Å². The van der Waals surface area contributed by atoms with E-state index in [1.54, 1.807) is 0 Å². The fourth-order valence-electron chi connectivity index (χ4n) is 1.87. The van der Waals surface area contributed by atoms with Gasteiger partial charge in [0.1, 0.15) is 0 Å². The number of hydrogen-bond donors (Lipinski definition) is 1. The molecule has 11 heteroatoms. The number of anilines is 1. The molecule has 0 aromatic heterocycles. The first-order chi connectivity index (χ1) is 12.0. The minimum atomic E-state index is -4.02. The van der Waals surface area contributed by atoms with Gasteiger partial charge in [-0.2, -0.15) is 0 Å². The van der Waals surface area contributed by atoms with E-state index in [-0.39, 0.29) is 21.3 Å². The molecule has 0 atom stereocenters. The summed E-state index contributed by atoms with van der Waals surface area (Å²) >= 11 is 11.1. The van der Waals surface area contributed by atoms with Gasteiger partial charge in [-0.15, -0.1) is 0 Å². The smallest absolute Gasteiger partial charge is 0.272 e. The van der Waals surface area contributed by atoms with E-state index in [1.165, 1.54) is 18.2 Å². The molecule has 0 amide bonds. The monoisotopic (exact) mass is 465 g/mol. The van der Waals surface area contributed by atoms with Gasteiger partial charge in [0, 0.05) is 51.4 Å². The highest BCUT2D eigenvalue weighted by molar-refractivity contribution is 8.13. The Morgan fingerprint density at radius 1 is 0.852 bits per heavy atom. The van der Waals surface area contributed by atoms with E-state index in [4.69, 9.17) is 39.6 Å². The van der Waals surface area contributed by atoms with E-state index in [9.17, 15) is 26.0 Å². The standard InChI is InChI=1S/C8H6Cl2F2O2S.C8H8ClF2N/c1-8(11,12)6-4-5(15(10,13)14)2-3-7(6)9;1-8(10,11)6-4-5(12)2-3-7(6)9/h2-4H,1H3;2-4H,12H2,1H3. The van der Waals surface area contributed by atoms with Gasteiger partial charge in [-0.1, -0.05) is 23.2 Å². The van der Waals surface area contributed by atoms with Crippen LogP contribution in [-0.2, 0) is 20.9 Å². The fraction of sp³-hybridized carbons (Fsp3) is 0.250. The Bertz CT molecular complexity index is 926. The molecule has 2 N–H and O–H groups in total. The second kappa shape index (κ2) is 8.43. The van der Waals surface area contributed by atoms with Gasteiger partial charge in [0.25, 0.3) is 20.9 Å². The van der Waals surface area contributed by atoms with E-state index in [1.807, 2.05) is 0 Å². The SMILES string of the molecule is CC(F)(F)c1cc(N)ccc1Cl.CC(F)(F)c1cc(S(=O)(=O)Cl)ccc1Cl. The van der Waals surface area contributed by atoms with Crippen molar-refractivity contribution in [3.8, 4) is 0 Å². The van der Waals surface area contributed by atoms with Crippen molar-refractivity contribution < 1.29 is 26.0 Å². The molecule has 0 radical (unpaired) electrons. The first-order valence-electron chi connectivity index (χ1n) is 7.09. The highest BCUT2D eigenvalue weighted by Crippen LogP contribution is 2.35. The van der Waals surface area contributed by atoms with Crippen molar-refractivity contribution in [3.63, 3.8) is 0 Å². The topological polar surface area (TPSA) is 60.2 Å². The molecule has 150 valence electrons. The number of nitrogen functional groups attached to an aromatic ring is 1. The summed E-state index contributed by atoms with van der Waals surface area (Å²) in [6.45, 7) is 1.41. The van der Waals surface area contributed by atoms with Crippen LogP contribution in [0, 0.1) is 0 Å². The molecule has 0 aliphatic rings. The normalized spacial score (nSPS) is 12.3. The first-order valence-corrected chi connectivity index (χ1v) is 10.2. The van der Waals surface area contributed by atoms with Crippen LogP contribution in [0.25, 0.3) is 0 Å². The molecule has 0 unspecified atom stereocenters. The summed E-state index contributed by atoms with van der Waals surface area (Å²) in [5.41, 5.74) is 4.82. The molecular formula is C16H14Cl3F4NO2S. The highest BCUT2D eigenvalue weighted by Gasteiger charge is 2.29. The van der Waals surface area contributed by atoms with Crippen LogP contribution in [-0.4, -0.2) is 8.42 Å². The lowest BCUT2D eigenvalue weighted by molar-refractivity contribution is 0.0168. The molecule has 3 nitrogen and oxygen atoms in total. The Morgan fingerprint density at radius 2 is 1.26 bits per heavy atom. The Kier molecular flexibility index (Phi) is 7.43. The highest BCUT2D eigenvalue weighted by atomic mass is 35.7. The summed E-state index contributed by atoms with van der Waals surface area (Å²) < 4.78 is 73.2. The third-order valence-electron chi connectivity index (χ3n) is 3.16. The van der Waals surface area contributed by atoms with Crippen molar-refractivity contribution in [1.82, 2.24) is 0 Å². The third-order valence-corrected chi connectivity index (χ3v) is 5.17. The average Bonchev–Trinajstić information content (AvgIpc) is 2.47. The first kappa shape index (κ1) is 23.8. The number of hydrogen-bond acceptors (Lipinski definition) is 3. The minimum Gasteiger partial charge on any atom is -0.399 e. The molecule has 2 aromatic rings. The van der Waals surface area contributed by atoms with Crippen molar-refractivity contribution in [2.45, 2.75) is 30.6 Å². The predicted molar refractivity (Wildman–Crippen MR) is 99.5 cm³/mol. The molecule has 0 spiro atoms. The Morgan fingerprint density at radius 3 is 1.63 bits per heavy atom. The maximum absolute atomic E-state index is 13.0. The summed E-state index contributed by atoms with van der Waals surface area (Å²) in [5.74, 6) is -6.15. The second-order valence-corrected chi connectivity index (χ2v) is 8.98. The van der Waals surface area contributed by atoms with Crippen LogP contribution in [0.1, 0.15) is 25.0 Å². The molecule has 0 heterocycles. The number of nitrogens with two attached hydrogens (primary N) is 1. The van der Waals surface area contributed by atoms with Crippen LogP contribution in [0.4, 0.5) is 23.2 Å². The molecule has 2 aromatic carbocycles. The molecule has 0 saturated heterocycles. The van der Waals surface area contributed by atoms with Crippen molar-refractivity contribution in [2.75, 3.05) is 5.73 Å². The van der Waals surface area contributed by atoms with Gasteiger partial charge in [-0.05, 0) is 36.4 Å². The van der Waals surface area contributed by atoms with Crippen molar-refractivity contribution in [3.05, 3.63) is 57.6 Å². The summed E-state index contributed by atoms with van der Waals surface area (Å²) in [6, 6.07) is 6.94. The lowest BCUT2D eigenvalue weighted by Gasteiger charge is -2.12. The van der Waals surface area contributed by atoms with Gasteiger partial charge in [-0.25, -0.2) is 26.0 Å². The molecule has 2 rings (SSSR count). The maximum atomic E-state index is 13.0. The number of alkyl halides is 4. The van der Waals surface area contributed by atoms with Gasteiger partial charge in [0.15, 0.2) is 0 Å². The zero-order chi connectivity index (χ0) is 21.2. The molecule has 0 aliphatic heterocycles. The lowest BCUT2D eigenvalue weighted by Crippen LogP contribution is -2.08. The zero-order valence-corrected chi connectivity index (χ0v) is 17.0. The molecule has 0 bridgehead atoms. The van der Waals surface area contributed by atoms with Gasteiger partial charge < -0.3 is 5.73 Å². The van der Waals surface area contributed by atoms with Crippen LogP contribution < -0.4 is 5.73 Å². The molecule has 0 fully saturated rings. The molecular weight excluding hydrogens is 453 g/mol. The Balaban J connectivity index is 0.000000277. The lowest BCUT2D eigenvalue weighted by atomic mass is 10.1.